The molecule has 3 rings (SSSR count). The number of amides is 2. The SMILES string of the molecule is N#CC(=C1CCN(C(=O)N2CCSCC2)CC1)c1ccc(F)cc1. The molecule has 2 amide bonds. The Hall–Kier alpha value is -2.00. The van der Waals surface area contributed by atoms with Crippen molar-refractivity contribution >= 4 is 23.4 Å². The molecule has 0 spiro atoms. The number of piperidine rings is 1. The van der Waals surface area contributed by atoms with Gasteiger partial charge in [-0.1, -0.05) is 12.1 Å². The molecule has 0 atom stereocenters. The van der Waals surface area contributed by atoms with Crippen molar-refractivity contribution in [3.8, 4) is 6.07 Å². The van der Waals surface area contributed by atoms with Crippen molar-refractivity contribution in [2.75, 3.05) is 37.7 Å². The number of carbonyl (C=O) groups excluding carboxylic acids is 1. The topological polar surface area (TPSA) is 47.3 Å². The fourth-order valence-corrected chi connectivity index (χ4v) is 4.04. The van der Waals surface area contributed by atoms with E-state index in [0.717, 1.165) is 35.7 Å². The van der Waals surface area contributed by atoms with Crippen LogP contribution in [0.5, 0.6) is 0 Å². The van der Waals surface area contributed by atoms with Gasteiger partial charge in [0.2, 0.25) is 0 Å². The van der Waals surface area contributed by atoms with Crippen molar-refractivity contribution in [3.63, 3.8) is 0 Å². The number of nitrogens with zero attached hydrogens (tertiary/aromatic N) is 3. The van der Waals surface area contributed by atoms with Gasteiger partial charge in [-0.2, -0.15) is 17.0 Å². The molecule has 6 heteroatoms. The van der Waals surface area contributed by atoms with Crippen molar-refractivity contribution < 1.29 is 9.18 Å². The largest absolute Gasteiger partial charge is 0.324 e. The molecule has 126 valence electrons. The van der Waals surface area contributed by atoms with Crippen LogP contribution >= 0.6 is 11.8 Å². The second-order valence-electron chi connectivity index (χ2n) is 5.97. The van der Waals surface area contributed by atoms with Gasteiger partial charge in [0.1, 0.15) is 5.82 Å². The lowest BCUT2D eigenvalue weighted by Crippen LogP contribution is -2.48. The van der Waals surface area contributed by atoms with Crippen molar-refractivity contribution in [3.05, 3.63) is 41.2 Å². The highest BCUT2D eigenvalue weighted by atomic mass is 32.2. The van der Waals surface area contributed by atoms with E-state index in [-0.39, 0.29) is 11.8 Å². The summed E-state index contributed by atoms with van der Waals surface area (Å²) in [5, 5.41) is 9.49. The number of urea groups is 1. The maximum absolute atomic E-state index is 13.1. The molecule has 2 fully saturated rings. The molecule has 0 aromatic heterocycles. The molecule has 0 aliphatic carbocycles. The summed E-state index contributed by atoms with van der Waals surface area (Å²) >= 11 is 1.89. The van der Waals surface area contributed by atoms with Crippen molar-refractivity contribution in [1.82, 2.24) is 9.80 Å². The van der Waals surface area contributed by atoms with E-state index in [2.05, 4.69) is 6.07 Å². The van der Waals surface area contributed by atoms with Gasteiger partial charge in [-0.25, -0.2) is 9.18 Å². The highest BCUT2D eigenvalue weighted by Crippen LogP contribution is 2.27. The Morgan fingerprint density at radius 1 is 1.04 bits per heavy atom. The first-order chi connectivity index (χ1) is 11.7. The third kappa shape index (κ3) is 3.73. The highest BCUT2D eigenvalue weighted by molar-refractivity contribution is 7.99. The van der Waals surface area contributed by atoms with Crippen LogP contribution in [0.1, 0.15) is 18.4 Å². The van der Waals surface area contributed by atoms with E-state index >= 15 is 0 Å². The first-order valence-electron chi connectivity index (χ1n) is 8.18. The van der Waals surface area contributed by atoms with Crippen LogP contribution in [0.25, 0.3) is 5.57 Å². The van der Waals surface area contributed by atoms with Crippen molar-refractivity contribution in [2.24, 2.45) is 0 Å². The van der Waals surface area contributed by atoms with Gasteiger partial charge in [-0.05, 0) is 36.1 Å². The van der Waals surface area contributed by atoms with Crippen LogP contribution in [-0.4, -0.2) is 53.5 Å². The maximum Gasteiger partial charge on any atom is 0.320 e. The standard InChI is InChI=1S/C18H20FN3OS/c19-16-3-1-14(2-4-16)17(13-20)15-5-7-21(8-6-15)18(23)22-9-11-24-12-10-22/h1-4H,5-12H2. The van der Waals surface area contributed by atoms with Crippen LogP contribution in [0.3, 0.4) is 0 Å². The number of hydrogen-bond acceptors (Lipinski definition) is 3. The average Bonchev–Trinajstić information content (AvgIpc) is 2.64. The van der Waals surface area contributed by atoms with Crippen LogP contribution in [0, 0.1) is 17.1 Å². The molecule has 1 aromatic carbocycles. The molecule has 2 saturated heterocycles. The van der Waals surface area contributed by atoms with Crippen molar-refractivity contribution in [1.29, 1.82) is 5.26 Å². The number of rotatable bonds is 1. The Labute approximate surface area is 145 Å². The van der Waals surface area contributed by atoms with Gasteiger partial charge in [0.05, 0.1) is 11.6 Å². The summed E-state index contributed by atoms with van der Waals surface area (Å²) in [4.78, 5) is 16.3. The molecule has 24 heavy (non-hydrogen) atoms. The summed E-state index contributed by atoms with van der Waals surface area (Å²) in [6.07, 6.45) is 1.41. The minimum absolute atomic E-state index is 0.120. The normalized spacial score (nSPS) is 18.2. The third-order valence-electron chi connectivity index (χ3n) is 4.52. The number of allylic oxidation sites excluding steroid dienone is 1. The summed E-state index contributed by atoms with van der Waals surface area (Å²) in [6, 6.07) is 8.41. The number of likely N-dealkylation sites (tertiary alicyclic amines) is 1. The Morgan fingerprint density at radius 3 is 2.21 bits per heavy atom. The van der Waals surface area contributed by atoms with Crippen LogP contribution in [0.2, 0.25) is 0 Å². The molecule has 0 N–H and O–H groups in total. The lowest BCUT2D eigenvalue weighted by atomic mass is 9.94. The highest BCUT2D eigenvalue weighted by Gasteiger charge is 2.26. The third-order valence-corrected chi connectivity index (χ3v) is 5.46. The van der Waals surface area contributed by atoms with E-state index in [1.807, 2.05) is 21.6 Å². The second kappa shape index (κ2) is 7.71. The van der Waals surface area contributed by atoms with Gasteiger partial charge < -0.3 is 9.80 Å². The number of carbonyl (C=O) groups is 1. The fourth-order valence-electron chi connectivity index (χ4n) is 3.14. The summed E-state index contributed by atoms with van der Waals surface area (Å²) in [6.45, 7) is 2.93. The van der Waals surface area contributed by atoms with Crippen LogP contribution in [0.4, 0.5) is 9.18 Å². The van der Waals surface area contributed by atoms with Gasteiger partial charge in [0.15, 0.2) is 0 Å². The summed E-state index contributed by atoms with van der Waals surface area (Å²) in [5.41, 5.74) is 2.43. The summed E-state index contributed by atoms with van der Waals surface area (Å²) < 4.78 is 13.1. The molecule has 2 aliphatic heterocycles. The van der Waals surface area contributed by atoms with Gasteiger partial charge in [0.25, 0.3) is 0 Å². The van der Waals surface area contributed by atoms with Crippen LogP contribution < -0.4 is 0 Å². The molecular formula is C18H20FN3OS. The lowest BCUT2D eigenvalue weighted by molar-refractivity contribution is 0.153. The Bertz CT molecular complexity index is 664. The van der Waals surface area contributed by atoms with E-state index in [0.29, 0.717) is 31.5 Å². The number of thioether (sulfide) groups is 1. The van der Waals surface area contributed by atoms with Gasteiger partial charge in [-0.15, -0.1) is 0 Å². The quantitative estimate of drug-likeness (QED) is 0.733. The van der Waals surface area contributed by atoms with Gasteiger partial charge >= 0.3 is 6.03 Å². The first kappa shape index (κ1) is 16.8. The Balaban J connectivity index is 1.67. The lowest BCUT2D eigenvalue weighted by Gasteiger charge is -2.35. The second-order valence-corrected chi connectivity index (χ2v) is 7.19. The number of hydrogen-bond donors (Lipinski definition) is 0. The van der Waals surface area contributed by atoms with E-state index in [9.17, 15) is 14.4 Å². The number of benzene rings is 1. The molecule has 0 radical (unpaired) electrons. The predicted octanol–water partition coefficient (Wildman–Crippen LogP) is 3.37. The average molecular weight is 345 g/mol. The fraction of sp³-hybridized carbons (Fsp3) is 0.444. The minimum atomic E-state index is -0.304. The van der Waals surface area contributed by atoms with E-state index in [1.54, 1.807) is 12.1 Å². The Kier molecular flexibility index (Phi) is 5.41. The van der Waals surface area contributed by atoms with E-state index in [1.165, 1.54) is 12.1 Å². The van der Waals surface area contributed by atoms with Crippen LogP contribution in [-0.2, 0) is 0 Å². The van der Waals surface area contributed by atoms with Crippen LogP contribution in [0.15, 0.2) is 29.8 Å². The molecular weight excluding hydrogens is 325 g/mol. The van der Waals surface area contributed by atoms with E-state index < -0.39 is 0 Å². The molecule has 0 bridgehead atoms. The smallest absolute Gasteiger partial charge is 0.320 e. The Morgan fingerprint density at radius 2 is 1.62 bits per heavy atom. The zero-order valence-electron chi connectivity index (χ0n) is 13.5. The molecule has 0 unspecified atom stereocenters. The number of nitriles is 1. The summed E-state index contributed by atoms with van der Waals surface area (Å²) in [5.74, 6) is 1.71. The molecule has 2 heterocycles. The molecule has 0 saturated carbocycles. The zero-order valence-corrected chi connectivity index (χ0v) is 14.3. The molecule has 1 aromatic rings. The monoisotopic (exact) mass is 345 g/mol. The van der Waals surface area contributed by atoms with Gasteiger partial charge in [-0.3, -0.25) is 0 Å². The van der Waals surface area contributed by atoms with Gasteiger partial charge in [0, 0.05) is 37.7 Å². The predicted molar refractivity (Wildman–Crippen MR) is 94.0 cm³/mol. The minimum Gasteiger partial charge on any atom is -0.324 e. The maximum atomic E-state index is 13.1. The van der Waals surface area contributed by atoms with Crippen molar-refractivity contribution in [2.45, 2.75) is 12.8 Å². The van der Waals surface area contributed by atoms with E-state index in [4.69, 9.17) is 0 Å². The first-order valence-corrected chi connectivity index (χ1v) is 9.34. The number of halogens is 1. The zero-order chi connectivity index (χ0) is 16.9. The molecule has 2 aliphatic rings. The summed E-state index contributed by atoms with van der Waals surface area (Å²) in [7, 11) is 0. The molecule has 4 nitrogen and oxygen atoms in total.